The van der Waals surface area contributed by atoms with Crippen molar-refractivity contribution in [2.45, 2.75) is 46.2 Å². The van der Waals surface area contributed by atoms with Crippen molar-refractivity contribution < 1.29 is 0 Å². The number of nitrogens with zero attached hydrogens (tertiary/aromatic N) is 1. The molecule has 0 aliphatic carbocycles. The molecule has 19 heavy (non-hydrogen) atoms. The first-order chi connectivity index (χ1) is 8.99. The molecule has 1 fully saturated rings. The van der Waals surface area contributed by atoms with Crippen molar-refractivity contribution in [3.63, 3.8) is 0 Å². The van der Waals surface area contributed by atoms with E-state index in [4.69, 9.17) is 11.6 Å². The number of hydrogen-bond acceptors (Lipinski definition) is 2. The molecule has 1 saturated heterocycles. The first kappa shape index (κ1) is 14.7. The predicted octanol–water partition coefficient (Wildman–Crippen LogP) is 3.86. The van der Waals surface area contributed by atoms with Gasteiger partial charge in [-0.25, -0.2) is 0 Å². The van der Waals surface area contributed by atoms with Crippen LogP contribution < -0.4 is 10.2 Å². The predicted molar refractivity (Wildman–Crippen MR) is 84.2 cm³/mol. The lowest BCUT2D eigenvalue weighted by Gasteiger charge is -2.41. The summed E-state index contributed by atoms with van der Waals surface area (Å²) in [4.78, 5) is 2.50. The highest BCUT2D eigenvalue weighted by Gasteiger charge is 2.26. The molecule has 106 valence electrons. The van der Waals surface area contributed by atoms with Crippen LogP contribution in [0.4, 0.5) is 5.69 Å². The Balaban J connectivity index is 2.19. The van der Waals surface area contributed by atoms with Gasteiger partial charge >= 0.3 is 0 Å². The van der Waals surface area contributed by atoms with Crippen LogP contribution in [0.3, 0.4) is 0 Å². The Morgan fingerprint density at radius 1 is 1.42 bits per heavy atom. The zero-order valence-electron chi connectivity index (χ0n) is 12.4. The number of rotatable bonds is 3. The Kier molecular flexibility index (Phi) is 4.75. The average molecular weight is 281 g/mol. The molecule has 0 spiro atoms. The minimum atomic E-state index is 0.514. The molecule has 1 N–H and O–H groups in total. The van der Waals surface area contributed by atoms with E-state index in [0.29, 0.717) is 12.1 Å². The summed E-state index contributed by atoms with van der Waals surface area (Å²) in [5.74, 6) is 0.730. The lowest BCUT2D eigenvalue weighted by Crippen LogP contribution is -2.56. The van der Waals surface area contributed by atoms with Crippen LogP contribution in [0.1, 0.15) is 32.8 Å². The second-order valence-electron chi connectivity index (χ2n) is 6.12. The summed E-state index contributed by atoms with van der Waals surface area (Å²) in [6.07, 6.45) is 1.23. The van der Waals surface area contributed by atoms with Gasteiger partial charge in [0.15, 0.2) is 0 Å². The molecule has 1 aromatic carbocycles. The van der Waals surface area contributed by atoms with Gasteiger partial charge in [-0.05, 0) is 43.9 Å². The highest BCUT2D eigenvalue weighted by molar-refractivity contribution is 6.31. The molecule has 2 atom stereocenters. The molecule has 2 nitrogen and oxygen atoms in total. The Hall–Kier alpha value is -0.730. The standard InChI is InChI=1S/C16H25ClN2/c1-11(2)8-14-10-19(12(3)9-18-14)16-7-5-6-15(17)13(16)4/h5-7,11-12,14,18H,8-10H2,1-4H3. The molecule has 0 aromatic heterocycles. The number of piperazine rings is 1. The summed E-state index contributed by atoms with van der Waals surface area (Å²) >= 11 is 6.26. The van der Waals surface area contributed by atoms with Gasteiger partial charge in [0.25, 0.3) is 0 Å². The van der Waals surface area contributed by atoms with Crippen molar-refractivity contribution in [3.8, 4) is 0 Å². The van der Waals surface area contributed by atoms with E-state index in [9.17, 15) is 0 Å². The van der Waals surface area contributed by atoms with E-state index < -0.39 is 0 Å². The molecule has 1 aliphatic heterocycles. The van der Waals surface area contributed by atoms with E-state index in [2.05, 4.69) is 50.0 Å². The van der Waals surface area contributed by atoms with E-state index in [1.165, 1.54) is 17.7 Å². The van der Waals surface area contributed by atoms with Gasteiger partial charge in [-0.1, -0.05) is 31.5 Å². The maximum Gasteiger partial charge on any atom is 0.0455 e. The SMILES string of the molecule is Cc1c(Cl)cccc1N1CC(CC(C)C)NCC1C. The Morgan fingerprint density at radius 3 is 2.84 bits per heavy atom. The van der Waals surface area contributed by atoms with Crippen LogP contribution in [-0.4, -0.2) is 25.2 Å². The fourth-order valence-electron chi connectivity index (χ4n) is 2.90. The largest absolute Gasteiger partial charge is 0.366 e. The van der Waals surface area contributed by atoms with Gasteiger partial charge in [0.1, 0.15) is 0 Å². The van der Waals surface area contributed by atoms with Crippen molar-refractivity contribution in [3.05, 3.63) is 28.8 Å². The van der Waals surface area contributed by atoms with Crippen LogP contribution in [-0.2, 0) is 0 Å². The molecule has 2 unspecified atom stereocenters. The van der Waals surface area contributed by atoms with Crippen molar-refractivity contribution in [2.75, 3.05) is 18.0 Å². The van der Waals surface area contributed by atoms with Crippen LogP contribution in [0.5, 0.6) is 0 Å². The van der Waals surface area contributed by atoms with Crippen LogP contribution in [0, 0.1) is 12.8 Å². The monoisotopic (exact) mass is 280 g/mol. The summed E-state index contributed by atoms with van der Waals surface area (Å²) < 4.78 is 0. The topological polar surface area (TPSA) is 15.3 Å². The number of anilines is 1. The minimum Gasteiger partial charge on any atom is -0.366 e. The van der Waals surface area contributed by atoms with Gasteiger partial charge in [0.05, 0.1) is 0 Å². The zero-order valence-corrected chi connectivity index (χ0v) is 13.2. The molecular weight excluding hydrogens is 256 g/mol. The van der Waals surface area contributed by atoms with E-state index >= 15 is 0 Å². The fraction of sp³-hybridized carbons (Fsp3) is 0.625. The first-order valence-electron chi connectivity index (χ1n) is 7.24. The van der Waals surface area contributed by atoms with Crippen LogP contribution >= 0.6 is 11.6 Å². The van der Waals surface area contributed by atoms with Crippen molar-refractivity contribution in [1.29, 1.82) is 0 Å². The highest BCUT2D eigenvalue weighted by atomic mass is 35.5. The number of hydrogen-bond donors (Lipinski definition) is 1. The van der Waals surface area contributed by atoms with Gasteiger partial charge in [0, 0.05) is 35.9 Å². The van der Waals surface area contributed by atoms with E-state index in [1.54, 1.807) is 0 Å². The molecule has 0 saturated carbocycles. The lowest BCUT2D eigenvalue weighted by molar-refractivity contribution is 0.355. The quantitative estimate of drug-likeness (QED) is 0.904. The van der Waals surface area contributed by atoms with Gasteiger partial charge in [-0.2, -0.15) is 0 Å². The fourth-order valence-corrected chi connectivity index (χ4v) is 3.07. The normalized spacial score (nSPS) is 24.0. The van der Waals surface area contributed by atoms with Crippen LogP contribution in [0.2, 0.25) is 5.02 Å². The van der Waals surface area contributed by atoms with Crippen LogP contribution in [0.25, 0.3) is 0 Å². The number of benzene rings is 1. The molecule has 1 heterocycles. The zero-order chi connectivity index (χ0) is 14.0. The van der Waals surface area contributed by atoms with Crippen LogP contribution in [0.15, 0.2) is 18.2 Å². The molecule has 1 aromatic rings. The smallest absolute Gasteiger partial charge is 0.0455 e. The third-order valence-corrected chi connectivity index (χ3v) is 4.36. The summed E-state index contributed by atoms with van der Waals surface area (Å²) in [5, 5.41) is 4.52. The van der Waals surface area contributed by atoms with E-state index in [1.807, 2.05) is 6.07 Å². The molecule has 1 aliphatic rings. The number of halogens is 1. The Labute approximate surface area is 122 Å². The summed E-state index contributed by atoms with van der Waals surface area (Å²) in [5.41, 5.74) is 2.48. The van der Waals surface area contributed by atoms with E-state index in [-0.39, 0.29) is 0 Å². The minimum absolute atomic E-state index is 0.514. The molecule has 2 rings (SSSR count). The summed E-state index contributed by atoms with van der Waals surface area (Å²) in [6, 6.07) is 7.31. The van der Waals surface area contributed by atoms with E-state index in [0.717, 1.165) is 24.0 Å². The number of nitrogens with one attached hydrogen (secondary N) is 1. The third-order valence-electron chi connectivity index (χ3n) is 3.96. The molecule has 0 radical (unpaired) electrons. The van der Waals surface area contributed by atoms with Crippen molar-refractivity contribution in [1.82, 2.24) is 5.32 Å². The molecule has 0 bridgehead atoms. The van der Waals surface area contributed by atoms with Gasteiger partial charge in [-0.3, -0.25) is 0 Å². The van der Waals surface area contributed by atoms with Crippen molar-refractivity contribution >= 4 is 17.3 Å². The lowest BCUT2D eigenvalue weighted by atomic mass is 9.99. The average Bonchev–Trinajstić information content (AvgIpc) is 2.35. The van der Waals surface area contributed by atoms with Crippen molar-refractivity contribution in [2.24, 2.45) is 5.92 Å². The third kappa shape index (κ3) is 3.43. The summed E-state index contributed by atoms with van der Waals surface area (Å²) in [7, 11) is 0. The highest BCUT2D eigenvalue weighted by Crippen LogP contribution is 2.29. The molecular formula is C16H25ClN2. The van der Waals surface area contributed by atoms with Gasteiger partial charge < -0.3 is 10.2 Å². The molecule has 0 amide bonds. The maximum atomic E-state index is 6.26. The van der Waals surface area contributed by atoms with Gasteiger partial charge in [0.2, 0.25) is 0 Å². The Morgan fingerprint density at radius 2 is 2.16 bits per heavy atom. The maximum absolute atomic E-state index is 6.26. The second-order valence-corrected chi connectivity index (χ2v) is 6.53. The second kappa shape index (κ2) is 6.15. The Bertz CT molecular complexity index is 431. The first-order valence-corrected chi connectivity index (χ1v) is 7.62. The summed E-state index contributed by atoms with van der Waals surface area (Å²) in [6.45, 7) is 11.1. The van der Waals surface area contributed by atoms with Gasteiger partial charge in [-0.15, -0.1) is 0 Å². The molecule has 3 heteroatoms.